The van der Waals surface area contributed by atoms with E-state index in [1.807, 2.05) is 30.3 Å². The third-order valence-electron chi connectivity index (χ3n) is 5.52. The van der Waals surface area contributed by atoms with Crippen molar-refractivity contribution in [3.8, 4) is 11.6 Å². The molecule has 2 atom stereocenters. The Morgan fingerprint density at radius 2 is 1.92 bits per heavy atom. The first kappa shape index (κ1) is 25.7. The van der Waals surface area contributed by atoms with Crippen molar-refractivity contribution in [2.45, 2.75) is 51.5 Å². The van der Waals surface area contributed by atoms with Crippen molar-refractivity contribution < 1.29 is 28.5 Å². The van der Waals surface area contributed by atoms with Crippen LogP contribution in [0.5, 0.6) is 11.6 Å². The van der Waals surface area contributed by atoms with Gasteiger partial charge in [-0.25, -0.2) is 14.6 Å². The molecule has 0 spiro atoms. The Hall–Kier alpha value is -3.40. The maximum Gasteiger partial charge on any atom is 0.411 e. The summed E-state index contributed by atoms with van der Waals surface area (Å²) in [5.74, 6) is 0.297. The number of likely N-dealkylation sites (tertiary alicyclic amines) is 1. The number of methoxy groups -OCH3 is 1. The first-order valence-electron chi connectivity index (χ1n) is 11.5. The lowest BCUT2D eigenvalue weighted by Gasteiger charge is -2.27. The molecule has 2 aromatic heterocycles. The van der Waals surface area contributed by atoms with Crippen molar-refractivity contribution in [3.63, 3.8) is 0 Å². The Bertz CT molecular complexity index is 1250. The number of fused-ring (bicyclic) bond motifs is 1. The second-order valence-electron chi connectivity index (χ2n) is 9.37. The number of halogens is 1. The highest BCUT2D eigenvalue weighted by Crippen LogP contribution is 2.40. The van der Waals surface area contributed by atoms with E-state index in [4.69, 9.17) is 18.9 Å². The highest BCUT2D eigenvalue weighted by molar-refractivity contribution is 9.10. The first-order valence-corrected chi connectivity index (χ1v) is 12.3. The molecule has 1 saturated heterocycles. The molecule has 1 aliphatic heterocycles. The molecule has 0 saturated carbocycles. The smallest absolute Gasteiger partial charge is 0.411 e. The third-order valence-corrected chi connectivity index (χ3v) is 6.22. The number of esters is 1. The lowest BCUT2D eigenvalue weighted by molar-refractivity contribution is -0.145. The number of rotatable bonds is 6. The normalized spacial score (nSPS) is 17.6. The number of benzene rings is 1. The second kappa shape index (κ2) is 10.7. The average molecular weight is 558 g/mol. The van der Waals surface area contributed by atoms with Crippen molar-refractivity contribution >= 4 is 38.9 Å². The molecule has 4 rings (SSSR count). The van der Waals surface area contributed by atoms with Crippen molar-refractivity contribution in [3.05, 3.63) is 58.8 Å². The molecule has 0 bridgehead atoms. The second-order valence-corrected chi connectivity index (χ2v) is 10.2. The zero-order valence-electron chi connectivity index (χ0n) is 20.6. The standard InChI is InChI=1S/C26H28BrN3O6/c1-26(2,3)36-25(32)30-14-17(12-20(30)24(31)33-4)35-23-21(27)22(18-13-28-11-10-19(18)29-23)34-15-16-8-6-5-7-9-16/h5-11,13,17,20H,12,14-15H2,1-4H3. The Morgan fingerprint density at radius 1 is 1.17 bits per heavy atom. The summed E-state index contributed by atoms with van der Waals surface area (Å²) in [5.41, 5.74) is 0.932. The van der Waals surface area contributed by atoms with Gasteiger partial charge in [-0.1, -0.05) is 30.3 Å². The largest absolute Gasteiger partial charge is 0.487 e. The van der Waals surface area contributed by atoms with Crippen LogP contribution in [-0.2, 0) is 20.9 Å². The number of ether oxygens (including phenoxy) is 4. The van der Waals surface area contributed by atoms with E-state index >= 15 is 0 Å². The third kappa shape index (κ3) is 5.87. The zero-order valence-corrected chi connectivity index (χ0v) is 22.1. The molecule has 3 heterocycles. The van der Waals surface area contributed by atoms with Gasteiger partial charge in [0.05, 0.1) is 24.6 Å². The molecule has 0 aliphatic carbocycles. The fourth-order valence-electron chi connectivity index (χ4n) is 3.90. The van der Waals surface area contributed by atoms with E-state index < -0.39 is 29.8 Å². The van der Waals surface area contributed by atoms with Gasteiger partial charge in [-0.3, -0.25) is 9.88 Å². The molecule has 9 nitrogen and oxygen atoms in total. The van der Waals surface area contributed by atoms with Crippen LogP contribution in [0.1, 0.15) is 32.8 Å². The molecule has 190 valence electrons. The summed E-state index contributed by atoms with van der Waals surface area (Å²) >= 11 is 3.59. The maximum absolute atomic E-state index is 12.8. The van der Waals surface area contributed by atoms with E-state index in [1.165, 1.54) is 12.0 Å². The van der Waals surface area contributed by atoms with Crippen LogP contribution < -0.4 is 9.47 Å². The predicted octanol–water partition coefficient (Wildman–Crippen LogP) is 4.90. The first-order chi connectivity index (χ1) is 17.2. The van der Waals surface area contributed by atoms with E-state index in [2.05, 4.69) is 25.9 Å². The molecule has 1 amide bonds. The number of amides is 1. The highest BCUT2D eigenvalue weighted by Gasteiger charge is 2.43. The van der Waals surface area contributed by atoms with E-state index in [1.54, 1.807) is 39.2 Å². The lowest BCUT2D eigenvalue weighted by Crippen LogP contribution is -2.44. The number of pyridine rings is 2. The Labute approximate surface area is 217 Å². The van der Waals surface area contributed by atoms with Gasteiger partial charge in [0.15, 0.2) is 0 Å². The number of hydrogen-bond donors (Lipinski definition) is 0. The van der Waals surface area contributed by atoms with Crippen LogP contribution in [0.15, 0.2) is 53.3 Å². The van der Waals surface area contributed by atoms with E-state index in [9.17, 15) is 9.59 Å². The number of carbonyl (C=O) groups excluding carboxylic acids is 2. The van der Waals surface area contributed by atoms with Gasteiger partial charge in [-0.15, -0.1) is 0 Å². The monoisotopic (exact) mass is 557 g/mol. The van der Waals surface area contributed by atoms with Gasteiger partial charge in [0.25, 0.3) is 0 Å². The topological polar surface area (TPSA) is 100 Å². The van der Waals surface area contributed by atoms with Gasteiger partial charge in [0.2, 0.25) is 5.88 Å². The van der Waals surface area contributed by atoms with Gasteiger partial charge < -0.3 is 18.9 Å². The summed E-state index contributed by atoms with van der Waals surface area (Å²) in [4.78, 5) is 35.4. The van der Waals surface area contributed by atoms with Crippen molar-refractivity contribution in [2.75, 3.05) is 13.7 Å². The lowest BCUT2D eigenvalue weighted by atomic mass is 10.2. The van der Waals surface area contributed by atoms with Crippen LogP contribution in [0.25, 0.3) is 10.9 Å². The van der Waals surface area contributed by atoms with Crippen LogP contribution >= 0.6 is 15.9 Å². The van der Waals surface area contributed by atoms with Crippen LogP contribution in [0.2, 0.25) is 0 Å². The minimum atomic E-state index is -0.827. The quantitative estimate of drug-likeness (QED) is 0.394. The van der Waals surface area contributed by atoms with Crippen LogP contribution in [0.3, 0.4) is 0 Å². The predicted molar refractivity (Wildman–Crippen MR) is 136 cm³/mol. The maximum atomic E-state index is 12.8. The van der Waals surface area contributed by atoms with Crippen LogP contribution in [-0.4, -0.2) is 58.3 Å². The van der Waals surface area contributed by atoms with Crippen molar-refractivity contribution in [2.24, 2.45) is 0 Å². The summed E-state index contributed by atoms with van der Waals surface area (Å²) in [5, 5.41) is 0.724. The fraction of sp³-hybridized carbons (Fsp3) is 0.385. The zero-order chi connectivity index (χ0) is 25.9. The molecular formula is C26H28BrN3O6. The molecule has 1 fully saturated rings. The average Bonchev–Trinajstić information content (AvgIpc) is 3.27. The summed E-state index contributed by atoms with van der Waals surface area (Å²) in [6.45, 7) is 5.78. The number of hydrogen-bond acceptors (Lipinski definition) is 8. The molecule has 0 radical (unpaired) electrons. The van der Waals surface area contributed by atoms with Gasteiger partial charge in [-0.2, -0.15) is 0 Å². The molecule has 10 heteroatoms. The Morgan fingerprint density at radius 3 is 2.61 bits per heavy atom. The number of carbonyl (C=O) groups is 2. The van der Waals surface area contributed by atoms with Gasteiger partial charge in [-0.05, 0) is 48.3 Å². The molecule has 36 heavy (non-hydrogen) atoms. The highest BCUT2D eigenvalue weighted by atomic mass is 79.9. The molecule has 1 aliphatic rings. The molecule has 1 aromatic carbocycles. The summed E-state index contributed by atoms with van der Waals surface area (Å²) in [6.07, 6.45) is 2.43. The number of aromatic nitrogens is 2. The molecule has 0 N–H and O–H groups in total. The van der Waals surface area contributed by atoms with Crippen LogP contribution in [0.4, 0.5) is 4.79 Å². The SMILES string of the molecule is COC(=O)C1CC(Oc2nc3ccncc3c(OCc3ccccc3)c2Br)CN1C(=O)OC(C)(C)C. The number of nitrogens with zero attached hydrogens (tertiary/aromatic N) is 3. The molecule has 3 aromatic rings. The van der Waals surface area contributed by atoms with Gasteiger partial charge >= 0.3 is 12.1 Å². The Balaban J connectivity index is 1.60. The van der Waals surface area contributed by atoms with E-state index in [0.717, 1.165) is 10.9 Å². The summed E-state index contributed by atoms with van der Waals surface area (Å²) in [6, 6.07) is 10.7. The summed E-state index contributed by atoms with van der Waals surface area (Å²) in [7, 11) is 1.29. The van der Waals surface area contributed by atoms with Crippen molar-refractivity contribution in [1.82, 2.24) is 14.9 Å². The van der Waals surface area contributed by atoms with E-state index in [-0.39, 0.29) is 18.8 Å². The minimum absolute atomic E-state index is 0.136. The van der Waals surface area contributed by atoms with Crippen molar-refractivity contribution in [1.29, 1.82) is 0 Å². The molecule has 2 unspecified atom stereocenters. The van der Waals surface area contributed by atoms with Crippen LogP contribution in [0, 0.1) is 0 Å². The fourth-order valence-corrected chi connectivity index (χ4v) is 4.41. The van der Waals surface area contributed by atoms with E-state index in [0.29, 0.717) is 22.3 Å². The minimum Gasteiger partial charge on any atom is -0.487 e. The molecular weight excluding hydrogens is 530 g/mol. The van der Waals surface area contributed by atoms with Gasteiger partial charge in [0, 0.05) is 18.8 Å². The van der Waals surface area contributed by atoms with Gasteiger partial charge in [0.1, 0.15) is 34.6 Å². The summed E-state index contributed by atoms with van der Waals surface area (Å²) < 4.78 is 23.3. The Kier molecular flexibility index (Phi) is 7.63.